The Morgan fingerprint density at radius 1 is 1.09 bits per heavy atom. The predicted octanol–water partition coefficient (Wildman–Crippen LogP) is 3.05. The molecule has 0 saturated heterocycles. The normalized spacial score (nSPS) is 10.2. The quantitative estimate of drug-likeness (QED) is 0.923. The number of amides is 1. The Hall–Kier alpha value is -2.63. The number of anilines is 2. The highest BCUT2D eigenvalue weighted by atomic mass is 19.2. The largest absolute Gasteiger partial charge is 0.484 e. The van der Waals surface area contributed by atoms with Crippen LogP contribution in [0.2, 0.25) is 0 Å². The minimum atomic E-state index is -1.02. The van der Waals surface area contributed by atoms with Crippen LogP contribution in [0.4, 0.5) is 20.2 Å². The molecule has 1 N–H and O–H groups in total. The van der Waals surface area contributed by atoms with Crippen LogP contribution in [0.25, 0.3) is 0 Å². The van der Waals surface area contributed by atoms with E-state index in [1.54, 1.807) is 12.1 Å². The first-order valence-electron chi connectivity index (χ1n) is 6.61. The molecular formula is C16H16F2N2O2. The second-order valence-corrected chi connectivity index (χ2v) is 4.85. The number of halogens is 2. The molecule has 0 unspecified atom stereocenters. The first-order chi connectivity index (χ1) is 10.5. The molecule has 0 radical (unpaired) electrons. The first kappa shape index (κ1) is 15.8. The Bertz CT molecular complexity index is 658. The van der Waals surface area contributed by atoms with Gasteiger partial charge in [0, 0.05) is 31.5 Å². The standard InChI is InChI=1S/C16H16F2N2O2/c1-20(2)12-5-3-11(4-6-12)19-16(21)10-22-13-7-8-14(17)15(18)9-13/h3-9H,10H2,1-2H3,(H,19,21). The summed E-state index contributed by atoms with van der Waals surface area (Å²) in [5, 5.41) is 2.65. The molecule has 0 spiro atoms. The Balaban J connectivity index is 1.88. The van der Waals surface area contributed by atoms with E-state index in [4.69, 9.17) is 4.74 Å². The summed E-state index contributed by atoms with van der Waals surface area (Å²) in [6, 6.07) is 10.4. The molecule has 2 aromatic rings. The van der Waals surface area contributed by atoms with Gasteiger partial charge in [0.1, 0.15) is 5.75 Å². The average molecular weight is 306 g/mol. The molecule has 0 aliphatic rings. The number of hydrogen-bond acceptors (Lipinski definition) is 3. The van der Waals surface area contributed by atoms with Crippen molar-refractivity contribution in [1.82, 2.24) is 0 Å². The highest BCUT2D eigenvalue weighted by molar-refractivity contribution is 5.92. The van der Waals surface area contributed by atoms with Crippen molar-refractivity contribution in [2.45, 2.75) is 0 Å². The van der Waals surface area contributed by atoms with Crippen LogP contribution in [0.3, 0.4) is 0 Å². The third kappa shape index (κ3) is 4.18. The number of carbonyl (C=O) groups is 1. The van der Waals surface area contributed by atoms with Crippen molar-refractivity contribution < 1.29 is 18.3 Å². The van der Waals surface area contributed by atoms with Gasteiger partial charge < -0.3 is 15.0 Å². The van der Waals surface area contributed by atoms with Crippen molar-refractivity contribution >= 4 is 17.3 Å². The van der Waals surface area contributed by atoms with Gasteiger partial charge in [0.15, 0.2) is 18.2 Å². The zero-order chi connectivity index (χ0) is 16.1. The van der Waals surface area contributed by atoms with Crippen LogP contribution in [0.15, 0.2) is 42.5 Å². The van der Waals surface area contributed by atoms with Gasteiger partial charge in [-0.15, -0.1) is 0 Å². The van der Waals surface area contributed by atoms with Gasteiger partial charge in [-0.1, -0.05) is 0 Å². The van der Waals surface area contributed by atoms with E-state index in [1.165, 1.54) is 6.07 Å². The maximum absolute atomic E-state index is 13.0. The van der Waals surface area contributed by atoms with Crippen LogP contribution in [-0.2, 0) is 4.79 Å². The maximum Gasteiger partial charge on any atom is 0.262 e. The molecule has 0 saturated carbocycles. The van der Waals surface area contributed by atoms with Gasteiger partial charge in [0.2, 0.25) is 0 Å². The summed E-state index contributed by atoms with van der Waals surface area (Å²) < 4.78 is 30.9. The molecule has 0 atom stereocenters. The van der Waals surface area contributed by atoms with E-state index in [2.05, 4.69) is 5.32 Å². The minimum absolute atomic E-state index is 0.0944. The number of rotatable bonds is 5. The van der Waals surface area contributed by atoms with Gasteiger partial charge in [-0.25, -0.2) is 8.78 Å². The molecule has 4 nitrogen and oxygen atoms in total. The van der Waals surface area contributed by atoms with Crippen LogP contribution in [0.5, 0.6) is 5.75 Å². The second-order valence-electron chi connectivity index (χ2n) is 4.85. The Morgan fingerprint density at radius 2 is 1.77 bits per heavy atom. The summed E-state index contributed by atoms with van der Waals surface area (Å²) in [4.78, 5) is 13.7. The monoisotopic (exact) mass is 306 g/mol. The van der Waals surface area contributed by atoms with Gasteiger partial charge in [-0.2, -0.15) is 0 Å². The predicted molar refractivity (Wildman–Crippen MR) is 81.3 cm³/mol. The topological polar surface area (TPSA) is 41.6 Å². The molecule has 0 aliphatic carbocycles. The second kappa shape index (κ2) is 6.89. The van der Waals surface area contributed by atoms with Crippen molar-refractivity contribution in [3.63, 3.8) is 0 Å². The summed E-state index contributed by atoms with van der Waals surface area (Å²) in [7, 11) is 3.84. The lowest BCUT2D eigenvalue weighted by Crippen LogP contribution is -2.20. The third-order valence-corrected chi connectivity index (χ3v) is 2.93. The Labute approximate surface area is 127 Å². The third-order valence-electron chi connectivity index (χ3n) is 2.93. The number of nitrogens with one attached hydrogen (secondary N) is 1. The van der Waals surface area contributed by atoms with Gasteiger partial charge in [-0.05, 0) is 36.4 Å². The molecule has 116 valence electrons. The van der Waals surface area contributed by atoms with E-state index < -0.39 is 11.6 Å². The average Bonchev–Trinajstić information content (AvgIpc) is 2.49. The van der Waals surface area contributed by atoms with E-state index in [1.807, 2.05) is 31.1 Å². The molecule has 2 aromatic carbocycles. The van der Waals surface area contributed by atoms with Crippen LogP contribution < -0.4 is 15.0 Å². The fourth-order valence-corrected chi connectivity index (χ4v) is 1.76. The van der Waals surface area contributed by atoms with Crippen molar-refractivity contribution in [1.29, 1.82) is 0 Å². The zero-order valence-electron chi connectivity index (χ0n) is 12.3. The number of ether oxygens (including phenoxy) is 1. The molecule has 6 heteroatoms. The maximum atomic E-state index is 13.0. The van der Waals surface area contributed by atoms with Crippen LogP contribution in [0, 0.1) is 11.6 Å². The molecule has 0 bridgehead atoms. The molecule has 0 heterocycles. The van der Waals surface area contributed by atoms with E-state index in [9.17, 15) is 13.6 Å². The zero-order valence-corrected chi connectivity index (χ0v) is 12.3. The number of benzene rings is 2. The van der Waals surface area contributed by atoms with Crippen LogP contribution in [-0.4, -0.2) is 26.6 Å². The lowest BCUT2D eigenvalue weighted by molar-refractivity contribution is -0.118. The first-order valence-corrected chi connectivity index (χ1v) is 6.61. The van der Waals surface area contributed by atoms with E-state index in [0.717, 1.165) is 17.8 Å². The number of carbonyl (C=O) groups excluding carboxylic acids is 1. The molecule has 0 aliphatic heterocycles. The molecule has 0 fully saturated rings. The lowest BCUT2D eigenvalue weighted by Gasteiger charge is -2.13. The summed E-state index contributed by atoms with van der Waals surface area (Å²) >= 11 is 0. The minimum Gasteiger partial charge on any atom is -0.484 e. The molecule has 22 heavy (non-hydrogen) atoms. The number of hydrogen-bond donors (Lipinski definition) is 1. The molecular weight excluding hydrogens is 290 g/mol. The highest BCUT2D eigenvalue weighted by Gasteiger charge is 2.07. The van der Waals surface area contributed by atoms with Gasteiger partial charge in [-0.3, -0.25) is 4.79 Å². The Kier molecular flexibility index (Phi) is 4.93. The van der Waals surface area contributed by atoms with Crippen molar-refractivity contribution in [2.75, 3.05) is 30.9 Å². The highest BCUT2D eigenvalue weighted by Crippen LogP contribution is 2.17. The summed E-state index contributed by atoms with van der Waals surface area (Å²) in [5.74, 6) is -2.27. The summed E-state index contributed by atoms with van der Waals surface area (Å²) in [6.07, 6.45) is 0. The lowest BCUT2D eigenvalue weighted by atomic mass is 10.2. The molecule has 0 aromatic heterocycles. The molecule has 1 amide bonds. The smallest absolute Gasteiger partial charge is 0.262 e. The van der Waals surface area contributed by atoms with Crippen molar-refractivity contribution in [3.05, 3.63) is 54.1 Å². The van der Waals surface area contributed by atoms with Gasteiger partial charge in [0.25, 0.3) is 5.91 Å². The van der Waals surface area contributed by atoms with Gasteiger partial charge >= 0.3 is 0 Å². The van der Waals surface area contributed by atoms with E-state index in [-0.39, 0.29) is 18.3 Å². The summed E-state index contributed by atoms with van der Waals surface area (Å²) in [5.41, 5.74) is 1.64. The molecule has 2 rings (SSSR count). The van der Waals surface area contributed by atoms with Crippen LogP contribution >= 0.6 is 0 Å². The fraction of sp³-hybridized carbons (Fsp3) is 0.188. The number of nitrogens with zero attached hydrogens (tertiary/aromatic N) is 1. The fourth-order valence-electron chi connectivity index (χ4n) is 1.76. The summed E-state index contributed by atoms with van der Waals surface area (Å²) in [6.45, 7) is -0.291. The SMILES string of the molecule is CN(C)c1ccc(NC(=O)COc2ccc(F)c(F)c2)cc1. The van der Waals surface area contributed by atoms with E-state index >= 15 is 0 Å². The van der Waals surface area contributed by atoms with Gasteiger partial charge in [0.05, 0.1) is 0 Å². The van der Waals surface area contributed by atoms with Crippen molar-refractivity contribution in [3.8, 4) is 5.75 Å². The van der Waals surface area contributed by atoms with E-state index in [0.29, 0.717) is 5.69 Å². The Morgan fingerprint density at radius 3 is 2.36 bits per heavy atom. The van der Waals surface area contributed by atoms with Crippen LogP contribution in [0.1, 0.15) is 0 Å². The van der Waals surface area contributed by atoms with Crippen molar-refractivity contribution in [2.24, 2.45) is 0 Å².